The first-order valence-corrected chi connectivity index (χ1v) is 7.16. The Morgan fingerprint density at radius 2 is 2.10 bits per heavy atom. The van der Waals surface area contributed by atoms with E-state index < -0.39 is 0 Å². The largest absolute Gasteiger partial charge is 0.341 e. The highest BCUT2D eigenvalue weighted by Gasteiger charge is 2.35. The summed E-state index contributed by atoms with van der Waals surface area (Å²) >= 11 is 0. The van der Waals surface area contributed by atoms with Crippen LogP contribution in [-0.4, -0.2) is 44.0 Å². The van der Waals surface area contributed by atoms with Crippen LogP contribution in [0.15, 0.2) is 23.0 Å². The van der Waals surface area contributed by atoms with Gasteiger partial charge in [-0.05, 0) is 12.5 Å². The number of carbonyl (C=O) groups is 1. The molecule has 1 aliphatic heterocycles. The van der Waals surface area contributed by atoms with Crippen molar-refractivity contribution in [3.63, 3.8) is 0 Å². The van der Waals surface area contributed by atoms with Crippen LogP contribution < -0.4 is 0 Å². The minimum Gasteiger partial charge on any atom is -0.341 e. The summed E-state index contributed by atoms with van der Waals surface area (Å²) in [5.41, 5.74) is 0. The van der Waals surface area contributed by atoms with E-state index in [9.17, 15) is 4.79 Å². The number of likely N-dealkylation sites (tertiary alicyclic amines) is 1. The summed E-state index contributed by atoms with van der Waals surface area (Å²) in [5, 5.41) is 3.89. The Kier molecular flexibility index (Phi) is 3.89. The molecule has 1 aliphatic rings. The quantitative estimate of drug-likeness (QED) is 0.831. The minimum absolute atomic E-state index is 0.125. The van der Waals surface area contributed by atoms with E-state index in [0.29, 0.717) is 37.0 Å². The Bertz CT molecular complexity index is 607. The zero-order chi connectivity index (χ0) is 14.7. The minimum atomic E-state index is 0.125. The number of hydrogen-bond acceptors (Lipinski definition) is 6. The Labute approximate surface area is 122 Å². The molecule has 0 bridgehead atoms. The molecule has 0 radical (unpaired) electrons. The van der Waals surface area contributed by atoms with Gasteiger partial charge in [-0.15, -0.1) is 0 Å². The van der Waals surface area contributed by atoms with Gasteiger partial charge in [0.2, 0.25) is 23.4 Å². The predicted molar refractivity (Wildman–Crippen MR) is 74.2 cm³/mol. The van der Waals surface area contributed by atoms with Gasteiger partial charge >= 0.3 is 0 Å². The lowest BCUT2D eigenvalue weighted by molar-refractivity contribution is -0.136. The first-order chi connectivity index (χ1) is 10.3. The third-order valence-electron chi connectivity index (χ3n) is 3.54. The van der Waals surface area contributed by atoms with E-state index in [2.05, 4.69) is 27.0 Å². The zero-order valence-corrected chi connectivity index (χ0v) is 11.9. The first kappa shape index (κ1) is 13.7. The van der Waals surface area contributed by atoms with E-state index in [0.717, 1.165) is 12.8 Å². The van der Waals surface area contributed by atoms with Gasteiger partial charge in [-0.3, -0.25) is 4.79 Å². The molecule has 0 atom stereocenters. The second kappa shape index (κ2) is 5.99. The number of rotatable bonds is 5. The Morgan fingerprint density at radius 1 is 1.33 bits per heavy atom. The molecule has 1 fully saturated rings. The van der Waals surface area contributed by atoms with Crippen molar-refractivity contribution in [3.8, 4) is 11.6 Å². The molecule has 21 heavy (non-hydrogen) atoms. The van der Waals surface area contributed by atoms with Crippen LogP contribution in [0.5, 0.6) is 0 Å². The average molecular weight is 287 g/mol. The van der Waals surface area contributed by atoms with Crippen LogP contribution in [0.1, 0.15) is 38.0 Å². The number of unbranched alkanes of at least 4 members (excludes halogenated alkanes) is 1. The standard InChI is InChI=1S/C14H17N5O2/c1-2-3-5-11(20)19-8-10(9-19)14-17-13(18-21-14)12-15-6-4-7-16-12/h4,6-7,10H,2-3,5,8-9H2,1H3. The van der Waals surface area contributed by atoms with Gasteiger partial charge in [0.25, 0.3) is 0 Å². The molecule has 3 heterocycles. The zero-order valence-electron chi connectivity index (χ0n) is 11.9. The van der Waals surface area contributed by atoms with Gasteiger partial charge in [0.05, 0.1) is 5.92 Å². The molecule has 0 aliphatic carbocycles. The Morgan fingerprint density at radius 3 is 2.81 bits per heavy atom. The van der Waals surface area contributed by atoms with Gasteiger partial charge in [0, 0.05) is 31.9 Å². The molecular weight excluding hydrogens is 270 g/mol. The first-order valence-electron chi connectivity index (χ1n) is 7.16. The number of amides is 1. The van der Waals surface area contributed by atoms with E-state index in [4.69, 9.17) is 4.52 Å². The van der Waals surface area contributed by atoms with E-state index in [1.807, 2.05) is 4.90 Å². The maximum atomic E-state index is 11.8. The van der Waals surface area contributed by atoms with Crippen molar-refractivity contribution in [2.75, 3.05) is 13.1 Å². The molecule has 0 aromatic carbocycles. The Hall–Kier alpha value is -2.31. The van der Waals surface area contributed by atoms with Gasteiger partial charge < -0.3 is 9.42 Å². The van der Waals surface area contributed by atoms with E-state index in [1.54, 1.807) is 18.5 Å². The lowest BCUT2D eigenvalue weighted by atomic mass is 9.99. The highest BCUT2D eigenvalue weighted by Crippen LogP contribution is 2.27. The van der Waals surface area contributed by atoms with Gasteiger partial charge in [0.15, 0.2) is 0 Å². The van der Waals surface area contributed by atoms with Crippen LogP contribution in [0.25, 0.3) is 11.6 Å². The van der Waals surface area contributed by atoms with E-state index in [1.165, 1.54) is 0 Å². The van der Waals surface area contributed by atoms with Crippen LogP contribution >= 0.6 is 0 Å². The maximum absolute atomic E-state index is 11.8. The lowest BCUT2D eigenvalue weighted by Gasteiger charge is -2.37. The summed E-state index contributed by atoms with van der Waals surface area (Å²) in [5.74, 6) is 1.72. The van der Waals surface area contributed by atoms with Crippen LogP contribution in [0, 0.1) is 0 Å². The van der Waals surface area contributed by atoms with Crippen LogP contribution in [0.3, 0.4) is 0 Å². The molecule has 1 saturated heterocycles. The van der Waals surface area contributed by atoms with Crippen molar-refractivity contribution in [1.29, 1.82) is 0 Å². The number of aromatic nitrogens is 4. The molecule has 2 aromatic rings. The highest BCUT2D eigenvalue weighted by atomic mass is 16.5. The smallest absolute Gasteiger partial charge is 0.240 e. The second-order valence-electron chi connectivity index (χ2n) is 5.13. The lowest BCUT2D eigenvalue weighted by Crippen LogP contribution is -2.48. The molecular formula is C14H17N5O2. The fourth-order valence-electron chi connectivity index (χ4n) is 2.23. The summed E-state index contributed by atoms with van der Waals surface area (Å²) in [7, 11) is 0. The predicted octanol–water partition coefficient (Wildman–Crippen LogP) is 1.64. The third-order valence-corrected chi connectivity index (χ3v) is 3.54. The molecule has 0 unspecified atom stereocenters. The molecule has 2 aromatic heterocycles. The van der Waals surface area contributed by atoms with Crippen molar-refractivity contribution in [3.05, 3.63) is 24.4 Å². The summed E-state index contributed by atoms with van der Waals surface area (Å²) in [6.07, 6.45) is 5.87. The van der Waals surface area contributed by atoms with Crippen molar-refractivity contribution in [2.24, 2.45) is 0 Å². The normalized spacial score (nSPS) is 15.0. The second-order valence-corrected chi connectivity index (χ2v) is 5.13. The van der Waals surface area contributed by atoms with E-state index >= 15 is 0 Å². The summed E-state index contributed by atoms with van der Waals surface area (Å²) in [4.78, 5) is 26.1. The summed E-state index contributed by atoms with van der Waals surface area (Å²) in [6, 6.07) is 1.73. The van der Waals surface area contributed by atoms with Crippen LogP contribution in [0.4, 0.5) is 0 Å². The molecule has 7 nitrogen and oxygen atoms in total. The number of nitrogens with zero attached hydrogens (tertiary/aromatic N) is 5. The molecule has 1 amide bonds. The van der Waals surface area contributed by atoms with Crippen LogP contribution in [0.2, 0.25) is 0 Å². The molecule has 3 rings (SSSR count). The number of hydrogen-bond donors (Lipinski definition) is 0. The van der Waals surface area contributed by atoms with Gasteiger partial charge in [-0.1, -0.05) is 18.5 Å². The highest BCUT2D eigenvalue weighted by molar-refractivity contribution is 5.77. The SMILES string of the molecule is CCCCC(=O)N1CC(c2nc(-c3ncccn3)no2)C1. The van der Waals surface area contributed by atoms with E-state index in [-0.39, 0.29) is 11.8 Å². The third kappa shape index (κ3) is 2.91. The summed E-state index contributed by atoms with van der Waals surface area (Å²) in [6.45, 7) is 3.39. The number of carbonyl (C=O) groups excluding carboxylic acids is 1. The average Bonchev–Trinajstić information content (AvgIpc) is 2.94. The molecule has 0 spiro atoms. The van der Waals surface area contributed by atoms with Gasteiger partial charge in [0.1, 0.15) is 0 Å². The monoisotopic (exact) mass is 287 g/mol. The molecule has 0 N–H and O–H groups in total. The fraction of sp³-hybridized carbons (Fsp3) is 0.500. The Balaban J connectivity index is 1.58. The van der Waals surface area contributed by atoms with Crippen molar-refractivity contribution < 1.29 is 9.32 Å². The topological polar surface area (TPSA) is 85.0 Å². The van der Waals surface area contributed by atoms with Crippen molar-refractivity contribution in [1.82, 2.24) is 25.0 Å². The molecule has 0 saturated carbocycles. The van der Waals surface area contributed by atoms with Crippen LogP contribution in [-0.2, 0) is 4.79 Å². The van der Waals surface area contributed by atoms with Gasteiger partial charge in [-0.2, -0.15) is 4.98 Å². The molecule has 7 heteroatoms. The maximum Gasteiger partial charge on any atom is 0.240 e. The fourth-order valence-corrected chi connectivity index (χ4v) is 2.23. The molecule has 110 valence electrons. The van der Waals surface area contributed by atoms with Crippen molar-refractivity contribution in [2.45, 2.75) is 32.1 Å². The summed E-state index contributed by atoms with van der Waals surface area (Å²) < 4.78 is 5.25. The van der Waals surface area contributed by atoms with Gasteiger partial charge in [-0.25, -0.2) is 9.97 Å². The van der Waals surface area contributed by atoms with Crippen molar-refractivity contribution >= 4 is 5.91 Å².